The third-order valence-corrected chi connectivity index (χ3v) is 5.73. The van der Waals surface area contributed by atoms with Gasteiger partial charge in [0, 0.05) is 0 Å². The van der Waals surface area contributed by atoms with Gasteiger partial charge in [-0.05, 0) is 47.3 Å². The molecule has 0 aromatic heterocycles. The van der Waals surface area contributed by atoms with Gasteiger partial charge in [0.25, 0.3) is 10.1 Å². The van der Waals surface area contributed by atoms with Gasteiger partial charge in [0.1, 0.15) is 4.90 Å². The van der Waals surface area contributed by atoms with Gasteiger partial charge in [0.15, 0.2) is 0 Å². The Hall–Kier alpha value is -0.870. The molecule has 0 bridgehead atoms. The van der Waals surface area contributed by atoms with Crippen molar-refractivity contribution in [1.29, 1.82) is 0 Å². The zero-order valence-corrected chi connectivity index (χ0v) is 14.9. The van der Waals surface area contributed by atoms with Crippen LogP contribution in [0.2, 0.25) is 0 Å². The molecule has 1 aromatic rings. The van der Waals surface area contributed by atoms with Crippen LogP contribution in [0.5, 0.6) is 0 Å². The lowest BCUT2D eigenvalue weighted by Gasteiger charge is -2.26. The molecule has 0 aliphatic heterocycles. The first-order valence-corrected chi connectivity index (χ1v) is 9.81. The van der Waals surface area contributed by atoms with Gasteiger partial charge >= 0.3 is 0 Å². The van der Waals surface area contributed by atoms with Crippen LogP contribution < -0.4 is 0 Å². The van der Waals surface area contributed by atoms with E-state index in [9.17, 15) is 13.0 Å². The predicted molar refractivity (Wildman–Crippen MR) is 90.3 cm³/mol. The highest BCUT2D eigenvalue weighted by molar-refractivity contribution is 7.86. The molecule has 0 saturated heterocycles. The van der Waals surface area contributed by atoms with Crippen molar-refractivity contribution in [2.24, 2.45) is 0 Å². The third-order valence-electron chi connectivity index (χ3n) is 4.75. The minimum atomic E-state index is -4.20. The molecule has 0 radical (unpaired) electrons. The van der Waals surface area contributed by atoms with Crippen LogP contribution in [0.1, 0.15) is 94.2 Å². The molecule has 0 unspecified atom stereocenters. The summed E-state index contributed by atoms with van der Waals surface area (Å²) in [6.07, 6.45) is 6.16. The van der Waals surface area contributed by atoms with Crippen LogP contribution in [0.15, 0.2) is 17.0 Å². The Morgan fingerprint density at radius 3 is 1.77 bits per heavy atom. The van der Waals surface area contributed by atoms with E-state index in [1.807, 2.05) is 39.8 Å². The Labute approximate surface area is 134 Å². The molecule has 22 heavy (non-hydrogen) atoms. The van der Waals surface area contributed by atoms with E-state index in [1.54, 1.807) is 0 Å². The van der Waals surface area contributed by atoms with Crippen molar-refractivity contribution in [3.8, 4) is 0 Å². The number of hydrogen-bond donors (Lipinski definition) is 1. The molecule has 1 fully saturated rings. The Kier molecular flexibility index (Phi) is 5.33. The summed E-state index contributed by atoms with van der Waals surface area (Å²) in [5.41, 5.74) is 2.77. The molecule has 4 heteroatoms. The molecule has 124 valence electrons. The molecule has 0 amide bonds. The van der Waals surface area contributed by atoms with E-state index >= 15 is 0 Å². The maximum atomic E-state index is 11.9. The molecule has 1 aliphatic rings. The van der Waals surface area contributed by atoms with Crippen molar-refractivity contribution in [2.75, 3.05) is 0 Å². The fraction of sp³-hybridized carbons (Fsp3) is 0.667. The quantitative estimate of drug-likeness (QED) is 0.772. The zero-order valence-electron chi connectivity index (χ0n) is 14.1. The minimum absolute atomic E-state index is 0.0676. The largest absolute Gasteiger partial charge is 0.295 e. The van der Waals surface area contributed by atoms with Crippen LogP contribution in [0, 0.1) is 0 Å². The number of rotatable bonds is 4. The van der Waals surface area contributed by atoms with Crippen molar-refractivity contribution in [1.82, 2.24) is 0 Å². The van der Waals surface area contributed by atoms with Gasteiger partial charge in [-0.25, -0.2) is 0 Å². The first kappa shape index (κ1) is 17.5. The van der Waals surface area contributed by atoms with Crippen molar-refractivity contribution in [3.05, 3.63) is 28.8 Å². The van der Waals surface area contributed by atoms with Crippen LogP contribution in [0.3, 0.4) is 0 Å². The van der Waals surface area contributed by atoms with Gasteiger partial charge in [-0.1, -0.05) is 59.1 Å². The third kappa shape index (κ3) is 3.72. The van der Waals surface area contributed by atoms with Crippen LogP contribution in [-0.2, 0) is 10.1 Å². The second-order valence-electron chi connectivity index (χ2n) is 7.15. The Balaban J connectivity index is 2.64. The highest BCUT2D eigenvalue weighted by atomic mass is 32.2. The summed E-state index contributed by atoms with van der Waals surface area (Å²) in [5, 5.41) is 0. The number of benzene rings is 1. The van der Waals surface area contributed by atoms with E-state index in [1.165, 1.54) is 37.7 Å². The second kappa shape index (κ2) is 6.71. The maximum absolute atomic E-state index is 11.9. The Morgan fingerprint density at radius 2 is 1.41 bits per heavy atom. The second-order valence-corrected chi connectivity index (χ2v) is 8.51. The van der Waals surface area contributed by atoms with E-state index in [0.29, 0.717) is 5.92 Å². The normalized spacial score (nSPS) is 17.4. The van der Waals surface area contributed by atoms with Crippen LogP contribution in [0.25, 0.3) is 0 Å². The molecule has 1 N–H and O–H groups in total. The van der Waals surface area contributed by atoms with Gasteiger partial charge in [-0.3, -0.25) is 4.55 Å². The van der Waals surface area contributed by atoms with Crippen molar-refractivity contribution >= 4 is 10.1 Å². The van der Waals surface area contributed by atoms with Gasteiger partial charge in [-0.15, -0.1) is 0 Å². The molecular weight excluding hydrogens is 296 g/mol. The summed E-state index contributed by atoms with van der Waals surface area (Å²) in [5.74, 6) is 0.662. The lowest BCUT2D eigenvalue weighted by Crippen LogP contribution is -2.13. The highest BCUT2D eigenvalue weighted by Gasteiger charge is 2.26. The van der Waals surface area contributed by atoms with Crippen molar-refractivity contribution in [2.45, 2.75) is 82.4 Å². The predicted octanol–water partition coefficient (Wildman–Crippen LogP) is 5.23. The maximum Gasteiger partial charge on any atom is 0.295 e. The first-order valence-electron chi connectivity index (χ1n) is 8.37. The van der Waals surface area contributed by atoms with Gasteiger partial charge < -0.3 is 0 Å². The van der Waals surface area contributed by atoms with E-state index in [4.69, 9.17) is 0 Å². The average Bonchev–Trinajstić information content (AvgIpc) is 2.45. The Bertz CT molecular complexity index is 595. The summed E-state index contributed by atoms with van der Waals surface area (Å²) in [6.45, 7) is 7.94. The van der Waals surface area contributed by atoms with Gasteiger partial charge in [0.05, 0.1) is 0 Å². The smallest absolute Gasteiger partial charge is 0.282 e. The fourth-order valence-electron chi connectivity index (χ4n) is 3.53. The fourth-order valence-corrected chi connectivity index (χ4v) is 4.71. The molecule has 2 rings (SSSR count). The molecule has 0 atom stereocenters. The van der Waals surface area contributed by atoms with E-state index in [2.05, 4.69) is 0 Å². The van der Waals surface area contributed by atoms with E-state index in [0.717, 1.165) is 11.1 Å². The lowest BCUT2D eigenvalue weighted by atomic mass is 9.81. The topological polar surface area (TPSA) is 54.4 Å². The van der Waals surface area contributed by atoms with Gasteiger partial charge in [-0.2, -0.15) is 8.42 Å². The zero-order chi connectivity index (χ0) is 16.5. The minimum Gasteiger partial charge on any atom is -0.282 e. The molecule has 0 heterocycles. The summed E-state index contributed by atoms with van der Waals surface area (Å²) in [6, 6.07) is 4.05. The van der Waals surface area contributed by atoms with Crippen LogP contribution >= 0.6 is 0 Å². The SMILES string of the molecule is CC(C)c1cc(C2CCCCC2)cc(C(C)C)c1S(=O)(=O)O. The lowest BCUT2D eigenvalue weighted by molar-refractivity contribution is 0.442. The summed E-state index contributed by atoms with van der Waals surface area (Å²) in [7, 11) is -4.20. The van der Waals surface area contributed by atoms with Crippen molar-refractivity contribution in [3.63, 3.8) is 0 Å². The van der Waals surface area contributed by atoms with E-state index < -0.39 is 10.1 Å². The summed E-state index contributed by atoms with van der Waals surface area (Å²) < 4.78 is 33.6. The molecule has 3 nitrogen and oxygen atoms in total. The molecule has 1 aliphatic carbocycles. The molecule has 0 spiro atoms. The van der Waals surface area contributed by atoms with E-state index in [-0.39, 0.29) is 16.7 Å². The first-order chi connectivity index (χ1) is 10.2. The average molecular weight is 324 g/mol. The molecular formula is C18H28O3S. The van der Waals surface area contributed by atoms with Gasteiger partial charge in [0.2, 0.25) is 0 Å². The monoisotopic (exact) mass is 324 g/mol. The standard InChI is InChI=1S/C18H28O3S/c1-12(2)16-10-15(14-8-6-5-7-9-14)11-17(13(3)4)18(16)22(19,20)21/h10-14H,5-9H2,1-4H3,(H,19,20,21). The summed E-state index contributed by atoms with van der Waals surface area (Å²) >= 11 is 0. The molecule has 1 aromatic carbocycles. The van der Waals surface area contributed by atoms with Crippen molar-refractivity contribution < 1.29 is 13.0 Å². The summed E-state index contributed by atoms with van der Waals surface area (Å²) in [4.78, 5) is 0.136. The van der Waals surface area contributed by atoms with Crippen LogP contribution in [-0.4, -0.2) is 13.0 Å². The highest BCUT2D eigenvalue weighted by Crippen LogP contribution is 2.39. The Morgan fingerprint density at radius 1 is 0.955 bits per heavy atom. The van der Waals surface area contributed by atoms with Crippen LogP contribution in [0.4, 0.5) is 0 Å². The number of hydrogen-bond acceptors (Lipinski definition) is 2. The molecule has 1 saturated carbocycles.